The standard InChI is InChI=1S/C25H28O10/c1-14(26)30-13-21-22(32-15(2)27)23(33-16(3)28)24(34-17(4)29)25(35-21)31-12-19-10-7-9-18-8-5-6-11-20(18)19/h5-11,21-25H,12-13H2,1-4H3/t21-,22-,23+,24-,25-/m1/s1. The van der Waals surface area contributed by atoms with E-state index in [2.05, 4.69) is 0 Å². The first kappa shape index (κ1) is 26.1. The van der Waals surface area contributed by atoms with Gasteiger partial charge in [0.1, 0.15) is 12.7 Å². The second-order valence-corrected chi connectivity index (χ2v) is 8.02. The van der Waals surface area contributed by atoms with Crippen molar-refractivity contribution in [2.45, 2.75) is 65.0 Å². The summed E-state index contributed by atoms with van der Waals surface area (Å²) in [5.74, 6) is -2.67. The molecule has 0 aliphatic carbocycles. The van der Waals surface area contributed by atoms with E-state index in [1.165, 1.54) is 13.8 Å². The zero-order chi connectivity index (χ0) is 25.5. The third-order valence-electron chi connectivity index (χ3n) is 5.23. The van der Waals surface area contributed by atoms with Gasteiger partial charge >= 0.3 is 23.9 Å². The van der Waals surface area contributed by atoms with Gasteiger partial charge in [-0.3, -0.25) is 19.2 Å². The van der Waals surface area contributed by atoms with Crippen molar-refractivity contribution in [1.82, 2.24) is 0 Å². The highest BCUT2D eigenvalue weighted by Gasteiger charge is 2.52. The highest BCUT2D eigenvalue weighted by Crippen LogP contribution is 2.31. The third-order valence-corrected chi connectivity index (χ3v) is 5.23. The van der Waals surface area contributed by atoms with Crippen LogP contribution < -0.4 is 0 Å². The summed E-state index contributed by atoms with van der Waals surface area (Å²) in [5, 5.41) is 1.97. The Balaban J connectivity index is 1.94. The molecule has 0 amide bonds. The van der Waals surface area contributed by atoms with Crippen molar-refractivity contribution in [3.63, 3.8) is 0 Å². The van der Waals surface area contributed by atoms with Gasteiger partial charge in [0, 0.05) is 27.7 Å². The first-order valence-electron chi connectivity index (χ1n) is 11.0. The van der Waals surface area contributed by atoms with Crippen LogP contribution in [0.5, 0.6) is 0 Å². The van der Waals surface area contributed by atoms with E-state index >= 15 is 0 Å². The average Bonchev–Trinajstić information content (AvgIpc) is 2.78. The fraction of sp³-hybridized carbons (Fsp3) is 0.440. The first-order valence-corrected chi connectivity index (χ1v) is 11.0. The van der Waals surface area contributed by atoms with E-state index in [1.54, 1.807) is 0 Å². The molecule has 35 heavy (non-hydrogen) atoms. The molecule has 188 valence electrons. The number of carbonyl (C=O) groups excluding carboxylic acids is 4. The van der Waals surface area contributed by atoms with E-state index in [-0.39, 0.29) is 13.2 Å². The largest absolute Gasteiger partial charge is 0.463 e. The molecule has 10 nitrogen and oxygen atoms in total. The van der Waals surface area contributed by atoms with Crippen LogP contribution in [0.15, 0.2) is 42.5 Å². The molecule has 0 saturated carbocycles. The molecule has 0 bridgehead atoms. The maximum Gasteiger partial charge on any atom is 0.303 e. The molecule has 1 fully saturated rings. The molecule has 0 N–H and O–H groups in total. The maximum atomic E-state index is 11.9. The zero-order valence-corrected chi connectivity index (χ0v) is 19.9. The van der Waals surface area contributed by atoms with Crippen molar-refractivity contribution in [3.05, 3.63) is 48.0 Å². The Morgan fingerprint density at radius 3 is 2.00 bits per heavy atom. The molecule has 0 aromatic heterocycles. The molecule has 0 radical (unpaired) electrons. The lowest BCUT2D eigenvalue weighted by molar-refractivity contribution is -0.310. The lowest BCUT2D eigenvalue weighted by Crippen LogP contribution is -2.62. The van der Waals surface area contributed by atoms with Crippen LogP contribution in [0, 0.1) is 0 Å². The minimum Gasteiger partial charge on any atom is -0.463 e. The molecular weight excluding hydrogens is 460 g/mol. The van der Waals surface area contributed by atoms with Crippen LogP contribution >= 0.6 is 0 Å². The number of hydrogen-bond donors (Lipinski definition) is 0. The van der Waals surface area contributed by atoms with Crippen molar-refractivity contribution in [2.75, 3.05) is 6.61 Å². The molecule has 1 aliphatic heterocycles. The van der Waals surface area contributed by atoms with Gasteiger partial charge in [0.05, 0.1) is 6.61 Å². The summed E-state index contributed by atoms with van der Waals surface area (Å²) < 4.78 is 33.2. The highest BCUT2D eigenvalue weighted by molar-refractivity contribution is 5.85. The summed E-state index contributed by atoms with van der Waals surface area (Å²) in [6, 6.07) is 13.5. The summed E-state index contributed by atoms with van der Waals surface area (Å²) in [4.78, 5) is 47.1. The second kappa shape index (κ2) is 11.8. The summed E-state index contributed by atoms with van der Waals surface area (Å²) in [7, 11) is 0. The normalized spacial score (nSPS) is 23.8. The maximum absolute atomic E-state index is 11.9. The Kier molecular flexibility index (Phi) is 8.78. The van der Waals surface area contributed by atoms with Gasteiger partial charge < -0.3 is 28.4 Å². The molecule has 1 saturated heterocycles. The van der Waals surface area contributed by atoms with Crippen LogP contribution in [0.4, 0.5) is 0 Å². The zero-order valence-electron chi connectivity index (χ0n) is 19.9. The van der Waals surface area contributed by atoms with Crippen molar-refractivity contribution in [1.29, 1.82) is 0 Å². The molecule has 0 unspecified atom stereocenters. The van der Waals surface area contributed by atoms with E-state index in [0.29, 0.717) is 0 Å². The smallest absolute Gasteiger partial charge is 0.303 e. The number of fused-ring (bicyclic) bond motifs is 1. The third kappa shape index (κ3) is 7.00. The molecule has 0 spiro atoms. The molecule has 1 heterocycles. The van der Waals surface area contributed by atoms with Gasteiger partial charge in [-0.25, -0.2) is 0 Å². The van der Waals surface area contributed by atoms with Gasteiger partial charge in [-0.05, 0) is 16.3 Å². The molecule has 5 atom stereocenters. The van der Waals surface area contributed by atoms with Gasteiger partial charge in [-0.2, -0.15) is 0 Å². The van der Waals surface area contributed by atoms with E-state index in [9.17, 15) is 19.2 Å². The van der Waals surface area contributed by atoms with E-state index in [4.69, 9.17) is 28.4 Å². The predicted molar refractivity (Wildman–Crippen MR) is 121 cm³/mol. The quantitative estimate of drug-likeness (QED) is 0.404. The van der Waals surface area contributed by atoms with Crippen LogP contribution in [0.25, 0.3) is 10.8 Å². The van der Waals surface area contributed by atoms with E-state index in [0.717, 1.165) is 30.2 Å². The number of carbonyl (C=O) groups is 4. The Hall–Kier alpha value is -3.50. The number of benzene rings is 2. The minimum absolute atomic E-state index is 0.0646. The van der Waals surface area contributed by atoms with Gasteiger partial charge in [-0.15, -0.1) is 0 Å². The summed E-state index contributed by atoms with van der Waals surface area (Å²) in [6.45, 7) is 4.47. The molecule has 2 aromatic rings. The molecular formula is C25H28O10. The van der Waals surface area contributed by atoms with Crippen LogP contribution in [0.2, 0.25) is 0 Å². The Morgan fingerprint density at radius 1 is 0.743 bits per heavy atom. The average molecular weight is 488 g/mol. The van der Waals surface area contributed by atoms with Crippen LogP contribution in [0.3, 0.4) is 0 Å². The van der Waals surface area contributed by atoms with Crippen LogP contribution in [0.1, 0.15) is 33.3 Å². The van der Waals surface area contributed by atoms with Gasteiger partial charge in [0.2, 0.25) is 0 Å². The Bertz CT molecular complexity index is 1080. The minimum atomic E-state index is -1.27. The first-order chi connectivity index (χ1) is 16.7. The van der Waals surface area contributed by atoms with Crippen LogP contribution in [-0.4, -0.2) is 61.2 Å². The molecule has 10 heteroatoms. The topological polar surface area (TPSA) is 124 Å². The van der Waals surface area contributed by atoms with Crippen molar-refractivity contribution < 1.29 is 47.6 Å². The fourth-order valence-electron chi connectivity index (χ4n) is 3.91. The monoisotopic (exact) mass is 488 g/mol. The fourth-order valence-corrected chi connectivity index (χ4v) is 3.91. The molecule has 2 aromatic carbocycles. The lowest BCUT2D eigenvalue weighted by Gasteiger charge is -2.44. The number of rotatable bonds is 8. The van der Waals surface area contributed by atoms with Crippen molar-refractivity contribution in [3.8, 4) is 0 Å². The highest BCUT2D eigenvalue weighted by atomic mass is 16.7. The van der Waals surface area contributed by atoms with E-state index in [1.807, 2.05) is 42.5 Å². The second-order valence-electron chi connectivity index (χ2n) is 8.02. The predicted octanol–water partition coefficient (Wildman–Crippen LogP) is 2.44. The number of esters is 4. The number of ether oxygens (including phenoxy) is 6. The number of hydrogen-bond acceptors (Lipinski definition) is 10. The van der Waals surface area contributed by atoms with E-state index < -0.39 is 54.6 Å². The summed E-state index contributed by atoms with van der Waals surface area (Å²) >= 11 is 0. The lowest BCUT2D eigenvalue weighted by atomic mass is 9.98. The van der Waals surface area contributed by atoms with Gasteiger partial charge in [-0.1, -0.05) is 42.5 Å². The van der Waals surface area contributed by atoms with Gasteiger partial charge in [0.15, 0.2) is 24.6 Å². The molecule has 3 rings (SSSR count). The molecule has 1 aliphatic rings. The Labute approximate surface area is 202 Å². The van der Waals surface area contributed by atoms with Crippen molar-refractivity contribution >= 4 is 34.6 Å². The van der Waals surface area contributed by atoms with Crippen LogP contribution in [-0.2, 0) is 54.2 Å². The summed E-state index contributed by atoms with van der Waals surface area (Å²) in [6.07, 6.45) is -6.04. The SMILES string of the molecule is CC(=O)OC[C@H]1O[C@@H](OCc2cccc3ccccc23)[C@H](OC(C)=O)[C@@H](OC(C)=O)[C@@H]1OC(C)=O. The Morgan fingerprint density at radius 2 is 1.34 bits per heavy atom. The van der Waals surface area contributed by atoms with Gasteiger partial charge in [0.25, 0.3) is 0 Å². The summed E-state index contributed by atoms with van der Waals surface area (Å²) in [5.41, 5.74) is 0.843. The van der Waals surface area contributed by atoms with Crippen molar-refractivity contribution in [2.24, 2.45) is 0 Å².